The number of nitrogens with zero attached hydrogens (tertiary/aromatic N) is 2. The molecule has 1 saturated heterocycles. The molecule has 1 aromatic heterocycles. The van der Waals surface area contributed by atoms with Crippen LogP contribution in [0.15, 0.2) is 36.5 Å². The zero-order valence-corrected chi connectivity index (χ0v) is 19.4. The fourth-order valence-electron chi connectivity index (χ4n) is 4.38. The number of amides is 1. The lowest BCUT2D eigenvalue weighted by Gasteiger charge is -2.38. The van der Waals surface area contributed by atoms with E-state index < -0.39 is 5.41 Å². The summed E-state index contributed by atoms with van der Waals surface area (Å²) in [5, 5.41) is 3.29. The summed E-state index contributed by atoms with van der Waals surface area (Å²) in [6.07, 6.45) is 3.90. The van der Waals surface area contributed by atoms with Gasteiger partial charge in [-0.2, -0.15) is 0 Å². The van der Waals surface area contributed by atoms with Crippen LogP contribution in [0.5, 0.6) is 17.2 Å². The number of carbonyl (C=O) groups excluding carboxylic acids is 1. The zero-order valence-electron chi connectivity index (χ0n) is 19.4. The minimum Gasteiger partial charge on any atom is -0.496 e. The minimum atomic E-state index is -0.457. The standard InChI is InChI=1S/C25H33N3O4/c1-25(2,3)24(29)27-23(19-9-5-6-10-26-19)17-8-7-11-28(14-17)15-18-12-21-22(32-16-31-21)13-20(18)30-4/h5-6,9-10,12-13,17,23H,7-8,11,14-16H2,1-4H3,(H,27,29). The highest BCUT2D eigenvalue weighted by Crippen LogP contribution is 2.39. The predicted octanol–water partition coefficient (Wildman–Crippen LogP) is 3.93. The number of fused-ring (bicyclic) bond motifs is 1. The number of benzene rings is 1. The lowest BCUT2D eigenvalue weighted by atomic mass is 9.86. The third-order valence-corrected chi connectivity index (χ3v) is 6.16. The Balaban J connectivity index is 1.53. The Morgan fingerprint density at radius 2 is 2.06 bits per heavy atom. The highest BCUT2D eigenvalue weighted by atomic mass is 16.7. The summed E-state index contributed by atoms with van der Waals surface area (Å²) >= 11 is 0. The third-order valence-electron chi connectivity index (χ3n) is 6.16. The van der Waals surface area contributed by atoms with Crippen molar-refractivity contribution in [2.45, 2.75) is 46.2 Å². The van der Waals surface area contributed by atoms with Crippen LogP contribution in [0.2, 0.25) is 0 Å². The Morgan fingerprint density at radius 3 is 2.75 bits per heavy atom. The van der Waals surface area contributed by atoms with Crippen LogP contribution >= 0.6 is 0 Å². The molecule has 7 heteroatoms. The smallest absolute Gasteiger partial charge is 0.231 e. The number of carbonyl (C=O) groups is 1. The lowest BCUT2D eigenvalue weighted by molar-refractivity contribution is -0.130. The Hall–Kier alpha value is -2.80. The molecule has 3 heterocycles. The second kappa shape index (κ2) is 9.36. The molecule has 0 aliphatic carbocycles. The molecular formula is C25H33N3O4. The van der Waals surface area contributed by atoms with Crippen molar-refractivity contribution in [1.29, 1.82) is 0 Å². The van der Waals surface area contributed by atoms with Gasteiger partial charge in [0.2, 0.25) is 12.7 Å². The number of ether oxygens (including phenoxy) is 3. The van der Waals surface area contributed by atoms with Gasteiger partial charge in [0.05, 0.1) is 18.8 Å². The first-order chi connectivity index (χ1) is 15.3. The first kappa shape index (κ1) is 22.4. The second-order valence-electron chi connectivity index (χ2n) is 9.61. The monoisotopic (exact) mass is 439 g/mol. The van der Waals surface area contributed by atoms with Crippen molar-refractivity contribution in [3.63, 3.8) is 0 Å². The van der Waals surface area contributed by atoms with Crippen LogP contribution in [0.4, 0.5) is 0 Å². The average Bonchev–Trinajstić information content (AvgIpc) is 3.24. The summed E-state index contributed by atoms with van der Waals surface area (Å²) in [4.78, 5) is 19.9. The number of piperidine rings is 1. The number of rotatable bonds is 6. The van der Waals surface area contributed by atoms with Gasteiger partial charge in [-0.05, 0) is 43.5 Å². The molecule has 1 N–H and O–H groups in total. The van der Waals surface area contributed by atoms with Gasteiger partial charge in [0.25, 0.3) is 0 Å². The minimum absolute atomic E-state index is 0.0442. The number of hydrogen-bond acceptors (Lipinski definition) is 6. The van der Waals surface area contributed by atoms with E-state index in [1.807, 2.05) is 51.1 Å². The van der Waals surface area contributed by atoms with E-state index in [2.05, 4.69) is 15.2 Å². The van der Waals surface area contributed by atoms with Gasteiger partial charge in [-0.3, -0.25) is 14.7 Å². The van der Waals surface area contributed by atoms with Crippen molar-refractivity contribution in [3.8, 4) is 17.2 Å². The molecule has 2 aromatic rings. The fourth-order valence-corrected chi connectivity index (χ4v) is 4.38. The van der Waals surface area contributed by atoms with Gasteiger partial charge >= 0.3 is 0 Å². The van der Waals surface area contributed by atoms with Crippen LogP contribution in [0, 0.1) is 11.3 Å². The molecule has 4 rings (SSSR count). The van der Waals surface area contributed by atoms with E-state index in [1.165, 1.54) is 0 Å². The molecule has 2 aliphatic rings. The van der Waals surface area contributed by atoms with Crippen LogP contribution in [0.1, 0.15) is 50.9 Å². The predicted molar refractivity (Wildman–Crippen MR) is 122 cm³/mol. The van der Waals surface area contributed by atoms with Crippen LogP contribution in [-0.4, -0.2) is 42.8 Å². The number of pyridine rings is 1. The average molecular weight is 440 g/mol. The van der Waals surface area contributed by atoms with E-state index in [4.69, 9.17) is 14.2 Å². The molecule has 7 nitrogen and oxygen atoms in total. The third kappa shape index (κ3) is 4.99. The van der Waals surface area contributed by atoms with Gasteiger partial charge in [-0.15, -0.1) is 0 Å². The molecule has 32 heavy (non-hydrogen) atoms. The number of nitrogens with one attached hydrogen (secondary N) is 1. The van der Waals surface area contributed by atoms with E-state index in [9.17, 15) is 4.79 Å². The largest absolute Gasteiger partial charge is 0.496 e. The number of methoxy groups -OCH3 is 1. The van der Waals surface area contributed by atoms with Crippen LogP contribution in [-0.2, 0) is 11.3 Å². The molecule has 172 valence electrons. The van der Waals surface area contributed by atoms with Gasteiger partial charge in [0, 0.05) is 36.3 Å². The maximum atomic E-state index is 12.9. The van der Waals surface area contributed by atoms with Crippen LogP contribution in [0.25, 0.3) is 0 Å². The molecule has 2 aliphatic heterocycles. The first-order valence-electron chi connectivity index (χ1n) is 11.3. The molecular weight excluding hydrogens is 406 g/mol. The molecule has 2 atom stereocenters. The maximum Gasteiger partial charge on any atom is 0.231 e. The van der Waals surface area contributed by atoms with Gasteiger partial charge < -0.3 is 19.5 Å². The Kier molecular flexibility index (Phi) is 6.55. The van der Waals surface area contributed by atoms with Gasteiger partial charge in [0.1, 0.15) is 5.75 Å². The van der Waals surface area contributed by atoms with Gasteiger partial charge in [-0.1, -0.05) is 26.8 Å². The number of likely N-dealkylation sites (tertiary alicyclic amines) is 1. The van der Waals surface area contributed by atoms with Crippen LogP contribution < -0.4 is 19.5 Å². The van der Waals surface area contributed by atoms with E-state index in [0.717, 1.165) is 61.0 Å². The summed E-state index contributed by atoms with van der Waals surface area (Å²) < 4.78 is 16.7. The van der Waals surface area contributed by atoms with Gasteiger partial charge in [0.15, 0.2) is 11.5 Å². The number of aromatic nitrogens is 1. The molecule has 0 bridgehead atoms. The number of hydrogen-bond donors (Lipinski definition) is 1. The van der Waals surface area contributed by atoms with Crippen molar-refractivity contribution < 1.29 is 19.0 Å². The van der Waals surface area contributed by atoms with E-state index in [0.29, 0.717) is 0 Å². The normalized spacial score (nSPS) is 19.4. The van der Waals surface area contributed by atoms with Crippen molar-refractivity contribution >= 4 is 5.91 Å². The topological polar surface area (TPSA) is 72.9 Å². The molecule has 0 saturated carbocycles. The Bertz CT molecular complexity index is 942. The SMILES string of the molecule is COc1cc2c(cc1CN1CCCC(C(NC(=O)C(C)(C)C)c3ccccn3)C1)OCO2. The van der Waals surface area contributed by atoms with Crippen molar-refractivity contribution in [2.75, 3.05) is 27.0 Å². The highest BCUT2D eigenvalue weighted by Gasteiger charge is 2.33. The summed E-state index contributed by atoms with van der Waals surface area (Å²) in [5.74, 6) is 2.60. The van der Waals surface area contributed by atoms with Crippen molar-refractivity contribution in [1.82, 2.24) is 15.2 Å². The van der Waals surface area contributed by atoms with E-state index >= 15 is 0 Å². The first-order valence-corrected chi connectivity index (χ1v) is 11.3. The lowest BCUT2D eigenvalue weighted by Crippen LogP contribution is -2.45. The molecule has 1 amide bonds. The summed E-state index contributed by atoms with van der Waals surface area (Å²) in [7, 11) is 1.68. The zero-order chi connectivity index (χ0) is 22.7. The summed E-state index contributed by atoms with van der Waals surface area (Å²) in [6.45, 7) is 8.68. The van der Waals surface area contributed by atoms with Crippen LogP contribution in [0.3, 0.4) is 0 Å². The van der Waals surface area contributed by atoms with Crippen molar-refractivity contribution in [2.24, 2.45) is 11.3 Å². The van der Waals surface area contributed by atoms with E-state index in [-0.39, 0.29) is 24.7 Å². The molecule has 2 unspecified atom stereocenters. The Labute approximate surface area is 190 Å². The van der Waals surface area contributed by atoms with Gasteiger partial charge in [-0.25, -0.2) is 0 Å². The van der Waals surface area contributed by atoms with E-state index in [1.54, 1.807) is 13.3 Å². The Morgan fingerprint density at radius 1 is 1.28 bits per heavy atom. The molecule has 1 fully saturated rings. The highest BCUT2D eigenvalue weighted by molar-refractivity contribution is 5.81. The summed E-state index contributed by atoms with van der Waals surface area (Å²) in [5.41, 5.74) is 1.53. The quantitative estimate of drug-likeness (QED) is 0.735. The fraction of sp³-hybridized carbons (Fsp3) is 0.520. The molecule has 1 aromatic carbocycles. The summed E-state index contributed by atoms with van der Waals surface area (Å²) in [6, 6.07) is 9.70. The van der Waals surface area contributed by atoms with Crippen molar-refractivity contribution in [3.05, 3.63) is 47.8 Å². The maximum absolute atomic E-state index is 12.9. The molecule has 0 radical (unpaired) electrons. The molecule has 0 spiro atoms. The second-order valence-corrected chi connectivity index (χ2v) is 9.61.